The molecule has 0 saturated carbocycles. The molecule has 2 aromatic carbocycles. The molecule has 3 N–H and O–H groups in total. The van der Waals surface area contributed by atoms with Crippen molar-refractivity contribution >= 4 is 28.6 Å². The first-order valence-corrected chi connectivity index (χ1v) is 9.27. The zero-order valence-corrected chi connectivity index (χ0v) is 15.3. The number of nitrogens with one attached hydrogen (secondary N) is 2. The molecule has 3 aromatic rings. The maximum Gasteiger partial charge on any atom is 0.258 e. The summed E-state index contributed by atoms with van der Waals surface area (Å²) < 4.78 is 0. The van der Waals surface area contributed by atoms with Gasteiger partial charge in [-0.2, -0.15) is 0 Å². The number of thioether (sulfide) groups is 1. The number of aliphatic hydroxyl groups is 1. The highest BCUT2D eigenvalue weighted by Crippen LogP contribution is 2.25. The number of carbonyl (C=O) groups is 1. The number of amides is 1. The van der Waals surface area contributed by atoms with Gasteiger partial charge in [0.05, 0.1) is 17.4 Å². The Morgan fingerprint density at radius 1 is 1.27 bits per heavy atom. The summed E-state index contributed by atoms with van der Waals surface area (Å²) in [4.78, 5) is 32.5. The number of rotatable bonds is 5. The lowest BCUT2D eigenvalue weighted by Gasteiger charge is -2.23. The second kappa shape index (κ2) is 7.31. The van der Waals surface area contributed by atoms with Gasteiger partial charge in [-0.25, -0.2) is 4.98 Å². The summed E-state index contributed by atoms with van der Waals surface area (Å²) in [6, 6.07) is 14.2. The molecule has 0 saturated heterocycles. The van der Waals surface area contributed by atoms with Crippen molar-refractivity contribution in [2.75, 3.05) is 6.26 Å². The van der Waals surface area contributed by atoms with Crippen LogP contribution in [0.1, 0.15) is 18.3 Å². The van der Waals surface area contributed by atoms with Crippen molar-refractivity contribution in [2.24, 2.45) is 0 Å². The van der Waals surface area contributed by atoms with Gasteiger partial charge in [-0.1, -0.05) is 24.3 Å². The van der Waals surface area contributed by atoms with Crippen LogP contribution in [0.25, 0.3) is 10.9 Å². The van der Waals surface area contributed by atoms with E-state index >= 15 is 0 Å². The topological polar surface area (TPSA) is 95.1 Å². The Labute approximate surface area is 154 Å². The van der Waals surface area contributed by atoms with Gasteiger partial charge in [-0.05, 0) is 43.0 Å². The van der Waals surface area contributed by atoms with Crippen LogP contribution < -0.4 is 10.9 Å². The molecule has 1 amide bonds. The normalized spacial score (nSPS) is 13.3. The van der Waals surface area contributed by atoms with Gasteiger partial charge in [0.1, 0.15) is 5.82 Å². The molecule has 0 aliphatic carbocycles. The van der Waals surface area contributed by atoms with Crippen LogP contribution in [0.2, 0.25) is 0 Å². The first-order chi connectivity index (χ1) is 12.4. The van der Waals surface area contributed by atoms with Crippen molar-refractivity contribution in [3.8, 4) is 0 Å². The molecule has 0 aliphatic heterocycles. The number of aromatic amines is 1. The molecule has 1 heterocycles. The van der Waals surface area contributed by atoms with E-state index in [4.69, 9.17) is 0 Å². The molecule has 1 atom stereocenters. The molecule has 0 radical (unpaired) electrons. The summed E-state index contributed by atoms with van der Waals surface area (Å²) in [7, 11) is 0. The van der Waals surface area contributed by atoms with E-state index in [-0.39, 0.29) is 12.1 Å². The van der Waals surface area contributed by atoms with E-state index < -0.39 is 11.5 Å². The number of hydrogen-bond donors (Lipinski definition) is 3. The molecule has 6 nitrogen and oxygen atoms in total. The molecule has 1 aromatic heterocycles. The molecule has 26 heavy (non-hydrogen) atoms. The second-order valence-corrected chi connectivity index (χ2v) is 6.90. The van der Waals surface area contributed by atoms with Gasteiger partial charge < -0.3 is 15.4 Å². The van der Waals surface area contributed by atoms with Crippen molar-refractivity contribution in [1.82, 2.24) is 15.3 Å². The third kappa shape index (κ3) is 3.63. The van der Waals surface area contributed by atoms with Crippen LogP contribution in [0, 0.1) is 0 Å². The van der Waals surface area contributed by atoms with E-state index in [2.05, 4.69) is 15.3 Å². The van der Waals surface area contributed by atoms with Crippen LogP contribution >= 0.6 is 11.8 Å². The molecule has 0 spiro atoms. The fourth-order valence-corrected chi connectivity index (χ4v) is 3.07. The summed E-state index contributed by atoms with van der Waals surface area (Å²) in [5, 5.41) is 13.8. The highest BCUT2D eigenvalue weighted by atomic mass is 32.2. The summed E-state index contributed by atoms with van der Waals surface area (Å²) in [6.07, 6.45) is 1.93. The predicted molar refractivity (Wildman–Crippen MR) is 102 cm³/mol. The smallest absolute Gasteiger partial charge is 0.258 e. The third-order valence-corrected chi connectivity index (χ3v) is 4.88. The predicted octanol–water partition coefficient (Wildman–Crippen LogP) is 2.17. The van der Waals surface area contributed by atoms with Crippen LogP contribution in [0.4, 0.5) is 0 Å². The number of hydrogen-bond acceptors (Lipinski definition) is 5. The van der Waals surface area contributed by atoms with Crippen LogP contribution in [-0.2, 0) is 16.9 Å². The standard InChI is InChI=1S/C19H19N3O3S/c1-19(25,12-6-5-7-13(10-12)26-2)18(24)20-11-16-21-15-9-4-3-8-14(15)17(23)22-16/h3-10,25H,11H2,1-2H3,(H,20,24)(H,21,22,23). The van der Waals surface area contributed by atoms with Gasteiger partial charge in [-0.15, -0.1) is 11.8 Å². The maximum absolute atomic E-state index is 12.5. The highest BCUT2D eigenvalue weighted by molar-refractivity contribution is 7.98. The Bertz CT molecular complexity index is 1010. The van der Waals surface area contributed by atoms with Crippen LogP contribution in [0.5, 0.6) is 0 Å². The summed E-state index contributed by atoms with van der Waals surface area (Å²) in [5.41, 5.74) is -0.899. The van der Waals surface area contributed by atoms with Crippen molar-refractivity contribution in [2.45, 2.75) is 24.0 Å². The third-order valence-electron chi connectivity index (χ3n) is 4.15. The molecular formula is C19H19N3O3S. The molecule has 0 fully saturated rings. The van der Waals surface area contributed by atoms with Crippen LogP contribution in [-0.4, -0.2) is 27.2 Å². The summed E-state index contributed by atoms with van der Waals surface area (Å²) >= 11 is 1.53. The molecule has 3 rings (SSSR count). The quantitative estimate of drug-likeness (QED) is 0.599. The molecule has 0 bridgehead atoms. The average Bonchev–Trinajstić information content (AvgIpc) is 2.66. The lowest BCUT2D eigenvalue weighted by atomic mass is 9.95. The van der Waals surface area contributed by atoms with Crippen molar-refractivity contribution in [3.63, 3.8) is 0 Å². The van der Waals surface area contributed by atoms with E-state index in [1.807, 2.05) is 12.3 Å². The minimum Gasteiger partial charge on any atom is -0.376 e. The largest absolute Gasteiger partial charge is 0.376 e. The van der Waals surface area contributed by atoms with E-state index in [9.17, 15) is 14.7 Å². The van der Waals surface area contributed by atoms with Crippen LogP contribution in [0.3, 0.4) is 0 Å². The van der Waals surface area contributed by atoms with Crippen molar-refractivity contribution < 1.29 is 9.90 Å². The molecule has 134 valence electrons. The van der Waals surface area contributed by atoms with E-state index in [1.165, 1.54) is 18.7 Å². The number of H-pyrrole nitrogens is 1. The van der Waals surface area contributed by atoms with Crippen molar-refractivity contribution in [1.29, 1.82) is 0 Å². The minimum atomic E-state index is -1.69. The van der Waals surface area contributed by atoms with Gasteiger partial charge in [0.15, 0.2) is 5.60 Å². The SMILES string of the molecule is CSc1cccc(C(C)(O)C(=O)NCc2nc3ccccc3c(=O)[nH]2)c1. The molecular weight excluding hydrogens is 350 g/mol. The van der Waals surface area contributed by atoms with E-state index in [1.54, 1.807) is 42.5 Å². The van der Waals surface area contributed by atoms with E-state index in [0.29, 0.717) is 22.3 Å². The van der Waals surface area contributed by atoms with Crippen molar-refractivity contribution in [3.05, 3.63) is 70.3 Å². The Hall–Kier alpha value is -2.64. The summed E-state index contributed by atoms with van der Waals surface area (Å²) in [6.45, 7) is 1.45. The number of para-hydroxylation sites is 1. The maximum atomic E-state index is 12.5. The minimum absolute atomic E-state index is 0.0112. The first-order valence-electron chi connectivity index (χ1n) is 8.05. The number of benzene rings is 2. The van der Waals surface area contributed by atoms with Gasteiger partial charge in [0.25, 0.3) is 11.5 Å². The number of fused-ring (bicyclic) bond motifs is 1. The monoisotopic (exact) mass is 369 g/mol. The Kier molecular flexibility index (Phi) is 5.11. The fraction of sp³-hybridized carbons (Fsp3) is 0.211. The number of nitrogens with zero attached hydrogens (tertiary/aromatic N) is 1. The fourth-order valence-electron chi connectivity index (χ4n) is 2.61. The van der Waals surface area contributed by atoms with Gasteiger partial charge in [-0.3, -0.25) is 9.59 Å². The Balaban J connectivity index is 1.78. The first kappa shape index (κ1) is 18.2. The summed E-state index contributed by atoms with van der Waals surface area (Å²) in [5.74, 6) is -0.234. The van der Waals surface area contributed by atoms with Gasteiger partial charge in [0, 0.05) is 4.90 Å². The van der Waals surface area contributed by atoms with Gasteiger partial charge in [0.2, 0.25) is 0 Å². The lowest BCUT2D eigenvalue weighted by molar-refractivity contribution is -0.139. The van der Waals surface area contributed by atoms with Crippen LogP contribution in [0.15, 0.2) is 58.2 Å². The molecule has 7 heteroatoms. The zero-order chi connectivity index (χ0) is 18.7. The number of carbonyl (C=O) groups excluding carboxylic acids is 1. The number of aromatic nitrogens is 2. The lowest BCUT2D eigenvalue weighted by Crippen LogP contribution is -2.42. The highest BCUT2D eigenvalue weighted by Gasteiger charge is 2.32. The van der Waals surface area contributed by atoms with Gasteiger partial charge >= 0.3 is 0 Å². The Morgan fingerprint density at radius 3 is 2.81 bits per heavy atom. The Morgan fingerprint density at radius 2 is 2.04 bits per heavy atom. The molecule has 1 unspecified atom stereocenters. The average molecular weight is 369 g/mol. The molecule has 0 aliphatic rings. The second-order valence-electron chi connectivity index (χ2n) is 6.02. The van der Waals surface area contributed by atoms with E-state index in [0.717, 1.165) is 4.90 Å². The zero-order valence-electron chi connectivity index (χ0n) is 14.4.